The molecule has 4 aliphatic heterocycles. The summed E-state index contributed by atoms with van der Waals surface area (Å²) in [5, 5.41) is 0. The van der Waals surface area contributed by atoms with Crippen molar-refractivity contribution >= 4 is 51.0 Å². The first-order valence-electron chi connectivity index (χ1n) is 12.2. The molecule has 38 heavy (non-hydrogen) atoms. The summed E-state index contributed by atoms with van der Waals surface area (Å²) in [6, 6.07) is 16.5. The van der Waals surface area contributed by atoms with Gasteiger partial charge >= 0.3 is 0 Å². The molecule has 0 aliphatic carbocycles. The van der Waals surface area contributed by atoms with Gasteiger partial charge in [-0.25, -0.2) is 4.90 Å². The van der Waals surface area contributed by atoms with Crippen LogP contribution >= 0.6 is 15.9 Å². The molecule has 4 aliphatic rings. The smallest absolute Gasteiger partial charge is 0.240 e. The molecule has 2 saturated heterocycles. The van der Waals surface area contributed by atoms with Gasteiger partial charge in [0.25, 0.3) is 0 Å². The van der Waals surface area contributed by atoms with Crippen LogP contribution in [0.15, 0.2) is 71.2 Å². The van der Waals surface area contributed by atoms with E-state index >= 15 is 0 Å². The lowest BCUT2D eigenvalue weighted by atomic mass is 9.86. The van der Waals surface area contributed by atoms with Crippen LogP contribution in [0.3, 0.4) is 0 Å². The Kier molecular flexibility index (Phi) is 5.13. The number of halogens is 1. The van der Waals surface area contributed by atoms with Crippen molar-refractivity contribution in [2.24, 2.45) is 11.8 Å². The van der Waals surface area contributed by atoms with E-state index in [0.717, 1.165) is 11.3 Å². The molecule has 0 saturated carbocycles. The van der Waals surface area contributed by atoms with Gasteiger partial charge in [0.2, 0.25) is 18.6 Å². The van der Waals surface area contributed by atoms with Crippen LogP contribution in [0.5, 0.6) is 17.2 Å². The normalized spacial score (nSPS) is 24.4. The lowest BCUT2D eigenvalue weighted by Crippen LogP contribution is -2.48. The molecule has 2 fully saturated rings. The van der Waals surface area contributed by atoms with Crippen molar-refractivity contribution in [3.05, 3.63) is 82.3 Å². The summed E-state index contributed by atoms with van der Waals surface area (Å²) in [6.07, 6.45) is 3.90. The molecule has 8 nitrogen and oxygen atoms in total. The Hall–Kier alpha value is -4.11. The average molecular weight is 573 g/mol. The predicted octanol–water partition coefficient (Wildman–Crippen LogP) is 4.46. The Bertz CT molecular complexity index is 1570. The third kappa shape index (κ3) is 3.18. The van der Waals surface area contributed by atoms with E-state index in [1.807, 2.05) is 41.3 Å². The molecule has 2 amide bonds. The summed E-state index contributed by atoms with van der Waals surface area (Å²) in [7, 11) is 1.55. The molecule has 3 aromatic rings. The Labute approximate surface area is 226 Å². The highest BCUT2D eigenvalue weighted by Gasteiger charge is 2.64. The van der Waals surface area contributed by atoms with E-state index in [0.29, 0.717) is 33.0 Å². The SMILES string of the molecule is COc1ccc(C(=O)[C@H]2[C@@H]3C(=O)N(c4ccc5c(c4)OCO5)C(=O)[C@@H]3[C@H]3C=Cc4ccccc4N32)cc1Br. The number of anilines is 2. The minimum Gasteiger partial charge on any atom is -0.496 e. The van der Waals surface area contributed by atoms with Crippen LogP contribution in [0.4, 0.5) is 11.4 Å². The molecule has 0 N–H and O–H groups in total. The summed E-state index contributed by atoms with van der Waals surface area (Å²) in [4.78, 5) is 45.4. The van der Waals surface area contributed by atoms with Crippen LogP contribution < -0.4 is 24.0 Å². The number of hydrogen-bond acceptors (Lipinski definition) is 7. The van der Waals surface area contributed by atoms with E-state index in [1.54, 1.807) is 43.5 Å². The van der Waals surface area contributed by atoms with Gasteiger partial charge in [-0.2, -0.15) is 0 Å². The fourth-order valence-electron chi connectivity index (χ4n) is 6.08. The maximum Gasteiger partial charge on any atom is 0.240 e. The fraction of sp³-hybridized carbons (Fsp3) is 0.207. The number of nitrogens with zero attached hydrogens (tertiary/aromatic N) is 2. The molecule has 0 unspecified atom stereocenters. The molecule has 0 aromatic heterocycles. The van der Waals surface area contributed by atoms with Crippen molar-refractivity contribution in [1.29, 1.82) is 0 Å². The van der Waals surface area contributed by atoms with Gasteiger partial charge in [0.1, 0.15) is 11.8 Å². The number of imide groups is 1. The van der Waals surface area contributed by atoms with Crippen LogP contribution in [0.2, 0.25) is 0 Å². The number of ether oxygens (including phenoxy) is 3. The standard InChI is InChI=1S/C29H21BrN2O6/c1-36-21-10-7-16(12-18(21)30)27(33)26-25-24(20-9-6-15-4-2-3-5-19(15)32(20)26)28(34)31(29(25)35)17-8-11-22-23(13-17)38-14-37-22/h2-13,20,24-26H,14H2,1H3/t20-,24-,25-,26-/m1/s1. The van der Waals surface area contributed by atoms with Crippen LogP contribution in [0.1, 0.15) is 15.9 Å². The number of fused-ring (bicyclic) bond motifs is 6. The first-order chi connectivity index (χ1) is 18.5. The van der Waals surface area contributed by atoms with Gasteiger partial charge in [-0.1, -0.05) is 30.4 Å². The quantitative estimate of drug-likeness (QED) is 0.337. The zero-order valence-corrected chi connectivity index (χ0v) is 21.8. The summed E-state index contributed by atoms with van der Waals surface area (Å²) in [5.41, 5.74) is 2.60. The Morgan fingerprint density at radius 3 is 2.58 bits per heavy atom. The van der Waals surface area contributed by atoms with Crippen molar-refractivity contribution in [1.82, 2.24) is 0 Å². The van der Waals surface area contributed by atoms with Gasteiger partial charge in [0, 0.05) is 17.3 Å². The van der Waals surface area contributed by atoms with E-state index in [9.17, 15) is 14.4 Å². The van der Waals surface area contributed by atoms with E-state index in [1.165, 1.54) is 4.90 Å². The highest BCUT2D eigenvalue weighted by molar-refractivity contribution is 9.10. The zero-order valence-electron chi connectivity index (χ0n) is 20.2. The average Bonchev–Trinajstić information content (AvgIpc) is 3.61. The maximum absolute atomic E-state index is 14.2. The summed E-state index contributed by atoms with van der Waals surface area (Å²) >= 11 is 3.47. The third-order valence-corrected chi connectivity index (χ3v) is 8.35. The molecule has 4 heterocycles. The second-order valence-electron chi connectivity index (χ2n) is 9.58. The molecule has 190 valence electrons. The zero-order chi connectivity index (χ0) is 26.1. The number of rotatable bonds is 4. The summed E-state index contributed by atoms with van der Waals surface area (Å²) in [5.74, 6) is -0.904. The lowest BCUT2D eigenvalue weighted by Gasteiger charge is -2.36. The van der Waals surface area contributed by atoms with Gasteiger partial charge in [-0.05, 0) is 57.9 Å². The number of carbonyl (C=O) groups is 3. The van der Waals surface area contributed by atoms with Gasteiger partial charge in [-0.3, -0.25) is 14.4 Å². The van der Waals surface area contributed by atoms with E-state index in [2.05, 4.69) is 15.9 Å². The van der Waals surface area contributed by atoms with Crippen LogP contribution in [0.25, 0.3) is 6.08 Å². The summed E-state index contributed by atoms with van der Waals surface area (Å²) in [6.45, 7) is 0.0845. The van der Waals surface area contributed by atoms with Gasteiger partial charge in [0.05, 0.1) is 35.1 Å². The number of ketones is 1. The fourth-order valence-corrected chi connectivity index (χ4v) is 6.62. The minimum absolute atomic E-state index is 0.0845. The first kappa shape index (κ1) is 23.0. The third-order valence-electron chi connectivity index (χ3n) is 7.73. The number of para-hydroxylation sites is 1. The predicted molar refractivity (Wildman–Crippen MR) is 143 cm³/mol. The largest absolute Gasteiger partial charge is 0.496 e. The number of methoxy groups -OCH3 is 1. The van der Waals surface area contributed by atoms with Crippen molar-refractivity contribution in [3.8, 4) is 17.2 Å². The van der Waals surface area contributed by atoms with Gasteiger partial charge in [0.15, 0.2) is 17.3 Å². The maximum atomic E-state index is 14.2. The first-order valence-corrected chi connectivity index (χ1v) is 13.0. The van der Waals surface area contributed by atoms with E-state index < -0.39 is 29.8 Å². The second kappa shape index (κ2) is 8.46. The number of amides is 2. The number of Topliss-reactive ketones (excluding diaryl/α,β-unsaturated/α-hetero) is 1. The molecule has 0 radical (unpaired) electrons. The molecule has 9 heteroatoms. The highest BCUT2D eigenvalue weighted by atomic mass is 79.9. The van der Waals surface area contributed by atoms with Crippen molar-refractivity contribution in [3.63, 3.8) is 0 Å². The van der Waals surface area contributed by atoms with E-state index in [-0.39, 0.29) is 18.5 Å². The van der Waals surface area contributed by atoms with Crippen LogP contribution in [0, 0.1) is 11.8 Å². The van der Waals surface area contributed by atoms with Crippen LogP contribution in [-0.4, -0.2) is 43.6 Å². The lowest BCUT2D eigenvalue weighted by molar-refractivity contribution is -0.122. The number of benzene rings is 3. The molecule has 3 aromatic carbocycles. The molecule has 7 rings (SSSR count). The van der Waals surface area contributed by atoms with E-state index in [4.69, 9.17) is 14.2 Å². The van der Waals surface area contributed by atoms with Gasteiger partial charge < -0.3 is 19.1 Å². The minimum atomic E-state index is -0.869. The number of carbonyl (C=O) groups excluding carboxylic acids is 3. The molecular weight excluding hydrogens is 552 g/mol. The molecule has 0 spiro atoms. The second-order valence-corrected chi connectivity index (χ2v) is 10.4. The summed E-state index contributed by atoms with van der Waals surface area (Å²) < 4.78 is 16.8. The highest BCUT2D eigenvalue weighted by Crippen LogP contribution is 2.50. The Morgan fingerprint density at radius 1 is 0.974 bits per heavy atom. The topological polar surface area (TPSA) is 85.4 Å². The van der Waals surface area contributed by atoms with Crippen molar-refractivity contribution in [2.45, 2.75) is 12.1 Å². The van der Waals surface area contributed by atoms with Crippen molar-refractivity contribution in [2.75, 3.05) is 23.7 Å². The Balaban J connectivity index is 1.35. The molecule has 4 atom stereocenters. The van der Waals surface area contributed by atoms with Gasteiger partial charge in [-0.15, -0.1) is 0 Å². The molecular formula is C29H21BrN2O6. The van der Waals surface area contributed by atoms with Crippen LogP contribution in [-0.2, 0) is 9.59 Å². The molecule has 0 bridgehead atoms. The Morgan fingerprint density at radius 2 is 1.76 bits per heavy atom. The van der Waals surface area contributed by atoms with Crippen molar-refractivity contribution < 1.29 is 28.6 Å². The monoisotopic (exact) mass is 572 g/mol. The number of hydrogen-bond donors (Lipinski definition) is 0.